The third-order valence-corrected chi connectivity index (χ3v) is 3.12. The largest absolute Gasteiger partial charge is 0.394 e. The Morgan fingerprint density at radius 1 is 1.58 bits per heavy atom. The average molecular weight is 270 g/mol. The predicted molar refractivity (Wildman–Crippen MR) is 60.7 cm³/mol. The van der Waals surface area contributed by atoms with Crippen LogP contribution in [0.1, 0.15) is 0 Å². The number of terminal acetylenes is 1. The molecule has 0 radical (unpaired) electrons. The summed E-state index contributed by atoms with van der Waals surface area (Å²) in [4.78, 5) is 12.1. The van der Waals surface area contributed by atoms with Gasteiger partial charge in [-0.1, -0.05) is 5.92 Å². The molecule has 2 aliphatic heterocycles. The molecule has 19 heavy (non-hydrogen) atoms. The van der Waals surface area contributed by atoms with Crippen LogP contribution >= 0.6 is 0 Å². The molecule has 1 unspecified atom stereocenters. The summed E-state index contributed by atoms with van der Waals surface area (Å²) in [6, 6.07) is 0. The van der Waals surface area contributed by atoms with Crippen LogP contribution in [0.25, 0.3) is 0 Å². The zero-order valence-electron chi connectivity index (χ0n) is 9.80. The van der Waals surface area contributed by atoms with Crippen LogP contribution in [-0.2, 0) is 9.53 Å². The summed E-state index contributed by atoms with van der Waals surface area (Å²) in [5, 5.41) is 41.0. The van der Waals surface area contributed by atoms with Gasteiger partial charge in [-0.15, -0.1) is 6.42 Å². The molecular formula is C11H14N2O6. The van der Waals surface area contributed by atoms with Crippen LogP contribution in [-0.4, -0.2) is 68.2 Å². The molecule has 1 amide bonds. The van der Waals surface area contributed by atoms with Crippen LogP contribution in [0.5, 0.6) is 0 Å². The quantitative estimate of drug-likeness (QED) is 0.332. The molecule has 0 saturated carbocycles. The van der Waals surface area contributed by atoms with E-state index in [4.69, 9.17) is 16.3 Å². The van der Waals surface area contributed by atoms with Crippen molar-refractivity contribution in [1.82, 2.24) is 10.2 Å². The van der Waals surface area contributed by atoms with Gasteiger partial charge >= 0.3 is 0 Å². The lowest BCUT2D eigenvalue weighted by atomic mass is 9.94. The first-order chi connectivity index (χ1) is 8.93. The van der Waals surface area contributed by atoms with E-state index in [1.54, 1.807) is 0 Å². The number of amides is 1. The summed E-state index contributed by atoms with van der Waals surface area (Å²) in [5.74, 6) is 1.48. The van der Waals surface area contributed by atoms with Crippen molar-refractivity contribution in [2.75, 3.05) is 6.61 Å². The first-order valence-corrected chi connectivity index (χ1v) is 5.52. The summed E-state index contributed by atoms with van der Waals surface area (Å²) in [6.45, 7) is -0.554. The monoisotopic (exact) mass is 270 g/mol. The minimum Gasteiger partial charge on any atom is -0.394 e. The highest BCUT2D eigenvalue weighted by atomic mass is 16.6. The molecule has 0 aromatic heterocycles. The van der Waals surface area contributed by atoms with Crippen LogP contribution in [0.2, 0.25) is 0 Å². The Morgan fingerprint density at radius 3 is 2.79 bits per heavy atom. The van der Waals surface area contributed by atoms with Gasteiger partial charge in [0.25, 0.3) is 0 Å². The normalized spacial score (nSPS) is 42.1. The minimum absolute atomic E-state index is 0.523. The number of hydrogen-bond donors (Lipinski definition) is 5. The lowest BCUT2D eigenvalue weighted by Crippen LogP contribution is -2.60. The lowest BCUT2D eigenvalue weighted by Gasteiger charge is -2.38. The molecule has 5 atom stereocenters. The number of carbonyl (C=O) groups excluding carboxylic acids is 1. The van der Waals surface area contributed by atoms with Crippen molar-refractivity contribution in [3.8, 4) is 12.3 Å². The second kappa shape index (κ2) is 4.80. The van der Waals surface area contributed by atoms with Crippen molar-refractivity contribution in [3.63, 3.8) is 0 Å². The molecule has 0 aromatic rings. The summed E-state index contributed by atoms with van der Waals surface area (Å²) in [5.41, 5.74) is -2.12. The molecule has 104 valence electrons. The lowest BCUT2D eigenvalue weighted by molar-refractivity contribution is -0.164. The number of nitrogens with one attached hydrogen (secondary N) is 1. The number of carbonyl (C=O) groups is 1. The minimum atomic E-state index is -2.12. The maximum absolute atomic E-state index is 11.0. The van der Waals surface area contributed by atoms with Gasteiger partial charge in [-0.05, 0) is 0 Å². The number of aliphatic hydroxyl groups excluding tert-OH is 3. The van der Waals surface area contributed by atoms with Crippen LogP contribution < -0.4 is 5.32 Å². The predicted octanol–water partition coefficient (Wildman–Crippen LogP) is -3.35. The maximum Gasteiger partial charge on any atom is 0.248 e. The second-order valence-corrected chi connectivity index (χ2v) is 4.27. The summed E-state index contributed by atoms with van der Waals surface area (Å²) in [6.07, 6.45) is 2.10. The zero-order chi connectivity index (χ0) is 14.2. The van der Waals surface area contributed by atoms with Gasteiger partial charge in [0.05, 0.1) is 6.61 Å². The number of aliphatic hydroxyl groups is 4. The number of hydrogen-bond acceptors (Lipinski definition) is 7. The van der Waals surface area contributed by atoms with E-state index in [1.165, 1.54) is 6.20 Å². The molecule has 2 aliphatic rings. The molecule has 2 heterocycles. The van der Waals surface area contributed by atoms with Crippen molar-refractivity contribution < 1.29 is 30.0 Å². The Bertz CT molecular complexity index is 447. The SMILES string of the molecule is C#C[C@@]1(O)[C@H](O)[C@@H](CO)O[C@H]1N1C=CC(=O)NC1O. The zero-order valence-corrected chi connectivity index (χ0v) is 9.80. The van der Waals surface area contributed by atoms with E-state index in [9.17, 15) is 20.1 Å². The van der Waals surface area contributed by atoms with Crippen molar-refractivity contribution in [1.29, 1.82) is 0 Å². The molecule has 1 saturated heterocycles. The fraction of sp³-hybridized carbons (Fsp3) is 0.545. The van der Waals surface area contributed by atoms with Gasteiger partial charge in [0.1, 0.15) is 12.2 Å². The highest BCUT2D eigenvalue weighted by molar-refractivity contribution is 5.88. The molecule has 8 nitrogen and oxygen atoms in total. The highest BCUT2D eigenvalue weighted by Crippen LogP contribution is 2.34. The molecular weight excluding hydrogens is 256 g/mol. The molecule has 0 spiro atoms. The second-order valence-electron chi connectivity index (χ2n) is 4.27. The van der Waals surface area contributed by atoms with Crippen molar-refractivity contribution in [3.05, 3.63) is 12.3 Å². The van der Waals surface area contributed by atoms with E-state index in [1.807, 2.05) is 5.92 Å². The van der Waals surface area contributed by atoms with Crippen LogP contribution in [0, 0.1) is 12.3 Å². The molecule has 0 aromatic carbocycles. The highest BCUT2D eigenvalue weighted by Gasteiger charge is 2.57. The molecule has 1 fully saturated rings. The molecule has 8 heteroatoms. The Hall–Kier alpha value is -1.63. The van der Waals surface area contributed by atoms with E-state index in [0.29, 0.717) is 0 Å². The maximum atomic E-state index is 11.0. The van der Waals surface area contributed by atoms with E-state index in [2.05, 4.69) is 5.32 Å². The topological polar surface area (TPSA) is 122 Å². The van der Waals surface area contributed by atoms with Gasteiger partial charge in [0.2, 0.25) is 12.3 Å². The average Bonchev–Trinajstić information content (AvgIpc) is 2.63. The van der Waals surface area contributed by atoms with Gasteiger partial charge in [-0.25, -0.2) is 0 Å². The number of nitrogens with zero attached hydrogens (tertiary/aromatic N) is 1. The fourth-order valence-corrected chi connectivity index (χ4v) is 2.06. The van der Waals surface area contributed by atoms with E-state index < -0.39 is 42.9 Å². The van der Waals surface area contributed by atoms with Crippen LogP contribution in [0.4, 0.5) is 0 Å². The van der Waals surface area contributed by atoms with Crippen LogP contribution in [0.3, 0.4) is 0 Å². The van der Waals surface area contributed by atoms with Crippen LogP contribution in [0.15, 0.2) is 12.3 Å². The fourth-order valence-electron chi connectivity index (χ4n) is 2.06. The number of rotatable bonds is 2. The van der Waals surface area contributed by atoms with Gasteiger partial charge in [0.15, 0.2) is 11.8 Å². The molecule has 0 bridgehead atoms. The Kier molecular flexibility index (Phi) is 3.49. The summed E-state index contributed by atoms with van der Waals surface area (Å²) in [7, 11) is 0. The molecule has 2 rings (SSSR count). The molecule has 5 N–H and O–H groups in total. The van der Waals surface area contributed by atoms with E-state index >= 15 is 0 Å². The van der Waals surface area contributed by atoms with Gasteiger partial charge in [0, 0.05) is 12.3 Å². The van der Waals surface area contributed by atoms with E-state index in [-0.39, 0.29) is 0 Å². The van der Waals surface area contributed by atoms with Crippen molar-refractivity contribution in [2.45, 2.75) is 30.4 Å². The van der Waals surface area contributed by atoms with Crippen molar-refractivity contribution >= 4 is 5.91 Å². The van der Waals surface area contributed by atoms with Gasteiger partial charge in [-0.2, -0.15) is 0 Å². The summed E-state index contributed by atoms with van der Waals surface area (Å²) < 4.78 is 5.25. The molecule has 0 aliphatic carbocycles. The Morgan fingerprint density at radius 2 is 2.26 bits per heavy atom. The first-order valence-electron chi connectivity index (χ1n) is 5.52. The number of ether oxygens (including phenoxy) is 1. The van der Waals surface area contributed by atoms with Crippen molar-refractivity contribution in [2.24, 2.45) is 0 Å². The third kappa shape index (κ3) is 2.07. The third-order valence-electron chi connectivity index (χ3n) is 3.12. The Balaban J connectivity index is 2.31. The Labute approximate surface area is 108 Å². The first kappa shape index (κ1) is 13.8. The smallest absolute Gasteiger partial charge is 0.248 e. The van der Waals surface area contributed by atoms with E-state index in [0.717, 1.165) is 11.0 Å². The summed E-state index contributed by atoms with van der Waals surface area (Å²) >= 11 is 0. The van der Waals surface area contributed by atoms with Gasteiger partial charge < -0.3 is 35.4 Å². The van der Waals surface area contributed by atoms with Gasteiger partial charge in [-0.3, -0.25) is 4.79 Å². The standard InChI is InChI=1S/C11H14N2O6/c1-2-11(18)8(16)6(5-14)19-9(11)13-4-3-7(15)12-10(13)17/h1,3-4,6,8-10,14,16-18H,5H2,(H,12,15)/t6-,8-,9-,10?,11-/m1/s1.